The molecule has 0 spiro atoms. The maximum Gasteiger partial charge on any atom is 0.328 e. The van der Waals surface area contributed by atoms with Gasteiger partial charge in [0, 0.05) is 31.6 Å². The maximum absolute atomic E-state index is 14.6. The molecule has 0 bridgehead atoms. The first-order valence-corrected chi connectivity index (χ1v) is 43.0. The fourth-order valence-electron chi connectivity index (χ4n) is 12.8. The Bertz CT molecular complexity index is 4430. The van der Waals surface area contributed by atoms with Crippen LogP contribution in [0.15, 0.2) is 78.9 Å². The van der Waals surface area contributed by atoms with Crippen molar-refractivity contribution in [2.45, 2.75) is 215 Å². The van der Waals surface area contributed by atoms with Crippen LogP contribution in [0.3, 0.4) is 0 Å². The number of nitrogens with one attached hydrogen (secondary N) is 18. The lowest BCUT2D eigenvalue weighted by atomic mass is 9.99. The number of thiol groups is 1. The number of aliphatic carboxylic acids is 3. The Morgan fingerprint density at radius 3 is 1.05 bits per heavy atom. The standard InChI is InChI=1S/C82H125N23O27S/c1-41(2)29-51(70(120)104-61(40-133)79(129)94-48(15-8-10-26-83)67(117)92-49(16-9-11-27-84)68(118)95-54(32-45-20-24-47(110)25-21-45)72(122)93-50(17-12-28-89-82(86)87)69(119)103-60(39-108)81(131)132)100-80(130)66(42(3)4)105-76(126)55(33-62(85)111)97-77(127)58(37-106)102-78(128)59(38-107)101-75(125)57(35-65(115)116)99-74(124)56(34-64(113)114)98-73(123)53(30-43-13-6-5-7-14-43)96-71(121)52(91-63(112)36-90-88)31-44-18-22-46(109)23-19-44/h5-7,13-14,18-25,41-42,48-61,66,90,106-110,133H,8-12,15-17,26-40,83-84,88H2,1-4H3,(H2,85,111)(H,91,112)(H,92,117)(H,93,122)(H,94,129)(H,95,118)(H,96,121)(H,97,127)(H,98,123)(H,99,124)(H,100,130)(H,101,125)(H,102,128)(H,103,119)(H,104,120)(H,105,126)(H,113,114)(H,115,116)(H,131,132)(H4,86,87,89)/t48?,49-,50-,51?,52?,53-,54?,55?,56?,57-,58-,59?,60?,61-,66-/m0/s1. The van der Waals surface area contributed by atoms with Gasteiger partial charge in [0.05, 0.1) is 45.6 Å². The summed E-state index contributed by atoms with van der Waals surface area (Å²) in [6.07, 6.45) is -4.01. The zero-order chi connectivity index (χ0) is 99.7. The van der Waals surface area contributed by atoms with Crippen molar-refractivity contribution in [2.75, 3.05) is 51.8 Å². The van der Waals surface area contributed by atoms with Gasteiger partial charge in [0.15, 0.2) is 5.96 Å². The number of nitrogens with two attached hydrogens (primary N) is 5. The average Bonchev–Trinajstić information content (AvgIpc) is 0.849. The summed E-state index contributed by atoms with van der Waals surface area (Å²) in [5.74, 6) is -21.0. The summed E-state index contributed by atoms with van der Waals surface area (Å²) in [7, 11) is 0. The van der Waals surface area contributed by atoms with Crippen molar-refractivity contribution in [3.8, 4) is 11.5 Å². The van der Waals surface area contributed by atoms with Crippen molar-refractivity contribution >= 4 is 131 Å². The summed E-state index contributed by atoms with van der Waals surface area (Å²) < 4.78 is 0. The predicted octanol–water partition coefficient (Wildman–Crippen LogP) is -10.1. The molecule has 15 atom stereocenters. The van der Waals surface area contributed by atoms with Crippen LogP contribution in [-0.2, 0) is 110 Å². The number of guanidine groups is 1. The number of rotatable bonds is 63. The Labute approximate surface area is 769 Å². The summed E-state index contributed by atoms with van der Waals surface area (Å²) in [5.41, 5.74) is 25.8. The van der Waals surface area contributed by atoms with Gasteiger partial charge < -0.3 is 149 Å². The summed E-state index contributed by atoms with van der Waals surface area (Å²) >= 11 is 4.31. The lowest BCUT2D eigenvalue weighted by molar-refractivity contribution is -0.143. The number of aliphatic hydroxyl groups is 3. The van der Waals surface area contributed by atoms with Crippen LogP contribution in [0, 0.1) is 17.2 Å². The van der Waals surface area contributed by atoms with E-state index in [1.54, 1.807) is 44.2 Å². The SMILES string of the molecule is CC(C)CC(NC(=O)[C@@H](NC(=O)C(CC(N)=O)NC(=O)[C@H](CO)NC(=O)C(CO)NC(=O)[C@H](CC(=O)O)NC(=O)C(CC(=O)O)NC(=O)[C@H](Cc1ccccc1)NC(=O)C(Cc1ccc(O)cc1)NC(=O)CNN)C(C)C)C(=O)N[C@@H](CS)C(=O)NC(CCCCN)C(=O)N[C@@H](CCCCN)C(=O)NC(Cc1ccc(O)cc1)C(=O)N[C@@H](CCCNC(=N)N)C(=O)NC(CO)C(=O)O. The minimum Gasteiger partial charge on any atom is -0.508 e. The fourth-order valence-corrected chi connectivity index (χ4v) is 13.1. The molecule has 0 aliphatic carbocycles. The van der Waals surface area contributed by atoms with Crippen LogP contribution in [0.25, 0.3) is 0 Å². The van der Waals surface area contributed by atoms with Gasteiger partial charge in [0.25, 0.3) is 0 Å². The normalized spacial score (nSPS) is 14.4. The van der Waals surface area contributed by atoms with Gasteiger partial charge in [-0.3, -0.25) is 103 Å². The first-order chi connectivity index (χ1) is 62.9. The first kappa shape index (κ1) is 114. The number of hydrazine groups is 1. The molecule has 3 aromatic carbocycles. The molecule has 0 aliphatic heterocycles. The molecular formula is C82H125N23O27S. The number of phenolic OH excluding ortho intramolecular Hbond substituents is 2. The van der Waals surface area contributed by atoms with Gasteiger partial charge in [0.1, 0.15) is 102 Å². The lowest BCUT2D eigenvalue weighted by Gasteiger charge is -2.29. The second-order valence-corrected chi connectivity index (χ2v) is 31.9. The molecule has 133 heavy (non-hydrogen) atoms. The molecule has 0 aliphatic rings. The molecule has 0 aromatic heterocycles. The maximum atomic E-state index is 14.6. The van der Waals surface area contributed by atoms with E-state index in [4.69, 9.17) is 34.2 Å². The molecule has 0 heterocycles. The Morgan fingerprint density at radius 1 is 0.368 bits per heavy atom. The van der Waals surface area contributed by atoms with E-state index in [2.05, 4.69) is 87.2 Å². The number of primary amides is 1. The van der Waals surface area contributed by atoms with E-state index in [9.17, 15) is 132 Å². The molecule has 736 valence electrons. The van der Waals surface area contributed by atoms with E-state index in [1.807, 2.05) is 16.0 Å². The van der Waals surface area contributed by atoms with Crippen molar-refractivity contribution in [3.05, 3.63) is 95.6 Å². The number of aliphatic hydroxyl groups excluding tert-OH is 3. The number of carboxylic acids is 3. The molecule has 16 amide bonds. The van der Waals surface area contributed by atoms with Crippen LogP contribution in [0.5, 0.6) is 11.5 Å². The van der Waals surface area contributed by atoms with Crippen molar-refractivity contribution in [2.24, 2.45) is 40.6 Å². The highest BCUT2D eigenvalue weighted by Gasteiger charge is 2.40. The van der Waals surface area contributed by atoms with Gasteiger partial charge in [-0.05, 0) is 124 Å². The summed E-state index contributed by atoms with van der Waals surface area (Å²) in [6, 6.07) is -7.86. The van der Waals surface area contributed by atoms with Crippen LogP contribution < -0.4 is 119 Å². The quantitative estimate of drug-likeness (QED) is 0.00623. The number of aromatic hydroxyl groups is 2. The van der Waals surface area contributed by atoms with Crippen molar-refractivity contribution in [1.29, 1.82) is 5.41 Å². The molecule has 0 saturated heterocycles. The Hall–Kier alpha value is -13.5. The smallest absolute Gasteiger partial charge is 0.328 e. The van der Waals surface area contributed by atoms with E-state index < -0.39 is 272 Å². The van der Waals surface area contributed by atoms with E-state index in [0.29, 0.717) is 29.5 Å². The molecule has 3 rings (SSSR count). The number of benzene rings is 3. The molecule has 50 nitrogen and oxygen atoms in total. The zero-order valence-electron chi connectivity index (χ0n) is 73.8. The van der Waals surface area contributed by atoms with Crippen LogP contribution in [-0.4, -0.2) is 302 Å². The van der Waals surface area contributed by atoms with Crippen LogP contribution in [0.1, 0.15) is 121 Å². The third kappa shape index (κ3) is 42.5. The fraction of sp³-hybridized carbons (Fsp3) is 0.537. The Morgan fingerprint density at radius 2 is 0.684 bits per heavy atom. The van der Waals surface area contributed by atoms with Crippen LogP contribution >= 0.6 is 12.6 Å². The molecule has 0 radical (unpaired) electrons. The predicted molar refractivity (Wildman–Crippen MR) is 475 cm³/mol. The second-order valence-electron chi connectivity index (χ2n) is 31.6. The van der Waals surface area contributed by atoms with Crippen LogP contribution in [0.4, 0.5) is 0 Å². The highest BCUT2D eigenvalue weighted by atomic mass is 32.1. The minimum absolute atomic E-state index is 0.0144. The number of carboxylic acid groups (broad SMARTS) is 3. The highest BCUT2D eigenvalue weighted by molar-refractivity contribution is 7.80. The van der Waals surface area contributed by atoms with E-state index in [0.717, 1.165) is 0 Å². The molecular weight excluding hydrogens is 1770 g/mol. The van der Waals surface area contributed by atoms with Crippen molar-refractivity contribution in [1.82, 2.24) is 90.5 Å². The van der Waals surface area contributed by atoms with E-state index in [1.165, 1.54) is 62.4 Å². The Kier molecular flexibility index (Phi) is 51.1. The van der Waals surface area contributed by atoms with Gasteiger partial charge >= 0.3 is 17.9 Å². The topological polar surface area (TPSA) is 845 Å². The monoisotopic (exact) mass is 1900 g/mol. The largest absolute Gasteiger partial charge is 0.508 e. The van der Waals surface area contributed by atoms with Gasteiger partial charge in [-0.2, -0.15) is 12.6 Å². The zero-order valence-corrected chi connectivity index (χ0v) is 74.6. The number of phenols is 2. The molecule has 0 fully saturated rings. The highest BCUT2D eigenvalue weighted by Crippen LogP contribution is 2.18. The number of carbonyl (C=O) groups excluding carboxylic acids is 16. The van der Waals surface area contributed by atoms with Crippen LogP contribution in [0.2, 0.25) is 0 Å². The third-order valence-corrected chi connectivity index (χ3v) is 20.3. The minimum atomic E-state index is -2.28. The molecule has 36 N–H and O–H groups in total. The number of hydrogen-bond acceptors (Lipinski definition) is 30. The van der Waals surface area contributed by atoms with Crippen molar-refractivity contribution < 1.29 is 132 Å². The summed E-state index contributed by atoms with van der Waals surface area (Å²) in [5, 5.41) is 125. The third-order valence-electron chi connectivity index (χ3n) is 19.9. The van der Waals surface area contributed by atoms with Gasteiger partial charge in [-0.25, -0.2) is 4.79 Å². The summed E-state index contributed by atoms with van der Waals surface area (Å²) in [4.78, 5) is 260. The van der Waals surface area contributed by atoms with Gasteiger partial charge in [-0.1, -0.05) is 82.3 Å². The second kappa shape index (κ2) is 59.8. The molecule has 8 unspecified atom stereocenters. The number of carbonyl (C=O) groups is 19. The van der Waals surface area contributed by atoms with Gasteiger partial charge in [0.2, 0.25) is 94.5 Å². The van der Waals surface area contributed by atoms with Gasteiger partial charge in [-0.15, -0.1) is 0 Å². The molecule has 0 saturated carbocycles. The van der Waals surface area contributed by atoms with Crippen molar-refractivity contribution in [3.63, 3.8) is 0 Å². The lowest BCUT2D eigenvalue weighted by Crippen LogP contribution is -2.62. The van der Waals surface area contributed by atoms with E-state index >= 15 is 0 Å². The first-order valence-electron chi connectivity index (χ1n) is 42.4. The number of hydrogen-bond donors (Lipinski definition) is 32. The molecule has 3 aromatic rings. The Balaban J connectivity index is 1.87. The number of amides is 16. The molecule has 51 heteroatoms. The number of unbranched alkanes of at least 4 members (excludes halogenated alkanes) is 2. The average molecular weight is 1900 g/mol. The van der Waals surface area contributed by atoms with E-state index in [-0.39, 0.29) is 95.3 Å². The summed E-state index contributed by atoms with van der Waals surface area (Å²) in [6.45, 7) is 2.23.